The Kier molecular flexibility index (Phi) is 3.39. The second kappa shape index (κ2) is 4.97. The molecule has 0 N–H and O–H groups in total. The largest absolute Gasteiger partial charge is 0.465 e. The molecule has 0 radical (unpaired) electrons. The summed E-state index contributed by atoms with van der Waals surface area (Å²) >= 11 is 1.34. The minimum absolute atomic E-state index is 0.338. The molecule has 0 atom stereocenters. The van der Waals surface area contributed by atoms with Crippen molar-refractivity contribution in [2.75, 3.05) is 7.11 Å². The van der Waals surface area contributed by atoms with Gasteiger partial charge in [0.2, 0.25) is 0 Å². The number of aldehydes is 1. The van der Waals surface area contributed by atoms with E-state index in [4.69, 9.17) is 4.74 Å². The van der Waals surface area contributed by atoms with Gasteiger partial charge in [-0.05, 0) is 29.1 Å². The third-order valence-electron chi connectivity index (χ3n) is 2.44. The first-order valence-corrected chi connectivity index (χ1v) is 5.89. The van der Waals surface area contributed by atoms with Crippen LogP contribution in [0, 0.1) is 0 Å². The molecule has 0 aliphatic heterocycles. The van der Waals surface area contributed by atoms with Crippen molar-refractivity contribution < 1.29 is 14.3 Å². The van der Waals surface area contributed by atoms with Gasteiger partial charge in [-0.25, -0.2) is 4.79 Å². The fourth-order valence-corrected chi connectivity index (χ4v) is 2.43. The van der Waals surface area contributed by atoms with Gasteiger partial charge in [0.05, 0.1) is 12.8 Å². The highest BCUT2D eigenvalue weighted by molar-refractivity contribution is 7.12. The van der Waals surface area contributed by atoms with Gasteiger partial charge in [0, 0.05) is 12.7 Å². The van der Waals surface area contributed by atoms with Crippen LogP contribution in [0.5, 0.6) is 0 Å². The summed E-state index contributed by atoms with van der Waals surface area (Å²) < 4.78 is 6.50. The van der Waals surface area contributed by atoms with Crippen LogP contribution in [0.4, 0.5) is 0 Å². The molecule has 2 rings (SSSR count). The quantitative estimate of drug-likeness (QED) is 0.616. The summed E-state index contributed by atoms with van der Waals surface area (Å²) in [4.78, 5) is 22.9. The van der Waals surface area contributed by atoms with Crippen LogP contribution in [0.3, 0.4) is 0 Å². The van der Waals surface area contributed by atoms with Crippen LogP contribution < -0.4 is 0 Å². The molecule has 0 spiro atoms. The number of carbonyl (C=O) groups is 2. The first kappa shape index (κ1) is 11.6. The number of thiophene rings is 1. The maximum atomic E-state index is 11.5. The van der Waals surface area contributed by atoms with Crippen molar-refractivity contribution in [1.82, 2.24) is 4.57 Å². The number of hydrogen-bond acceptors (Lipinski definition) is 4. The van der Waals surface area contributed by atoms with Crippen LogP contribution >= 0.6 is 11.3 Å². The van der Waals surface area contributed by atoms with Gasteiger partial charge in [-0.15, -0.1) is 11.3 Å². The van der Waals surface area contributed by atoms with Crippen molar-refractivity contribution in [3.63, 3.8) is 0 Å². The molecular formula is C12H11NO3S. The molecule has 4 nitrogen and oxygen atoms in total. The molecule has 88 valence electrons. The zero-order valence-electron chi connectivity index (χ0n) is 9.25. The minimum Gasteiger partial charge on any atom is -0.465 e. The topological polar surface area (TPSA) is 48.3 Å². The monoisotopic (exact) mass is 249 g/mol. The number of aromatic nitrogens is 1. The summed E-state index contributed by atoms with van der Waals surface area (Å²) in [5.41, 5.74) is 1.45. The van der Waals surface area contributed by atoms with E-state index in [1.54, 1.807) is 16.7 Å². The summed E-state index contributed by atoms with van der Waals surface area (Å²) in [7, 11) is 1.36. The number of hydrogen-bond donors (Lipinski definition) is 0. The highest BCUT2D eigenvalue weighted by Crippen LogP contribution is 2.19. The zero-order valence-corrected chi connectivity index (χ0v) is 10.1. The second-order valence-corrected chi connectivity index (χ2v) is 4.36. The Labute approximate surface area is 102 Å². The van der Waals surface area contributed by atoms with E-state index < -0.39 is 0 Å². The molecule has 0 saturated heterocycles. The average molecular weight is 249 g/mol. The number of carbonyl (C=O) groups excluding carboxylic acids is 2. The lowest BCUT2D eigenvalue weighted by Gasteiger charge is -2.05. The van der Waals surface area contributed by atoms with Gasteiger partial charge in [0.15, 0.2) is 6.29 Å². The number of esters is 1. The molecule has 0 saturated carbocycles. The Bertz CT molecular complexity index is 541. The molecule has 0 fully saturated rings. The molecule has 0 aromatic carbocycles. The third kappa shape index (κ3) is 2.29. The smallest absolute Gasteiger partial charge is 0.348 e. The molecular weight excluding hydrogens is 238 g/mol. The molecule has 0 unspecified atom stereocenters. The normalized spacial score (nSPS) is 10.2. The predicted octanol–water partition coefficient (Wildman–Crippen LogP) is 2.20. The standard InChI is InChI=1S/C12H11NO3S/c1-16-12(15)11-9(4-6-17-11)7-13-5-2-3-10(13)8-14/h2-6,8H,7H2,1H3. The van der Waals surface area contributed by atoms with Gasteiger partial charge in [-0.2, -0.15) is 0 Å². The Balaban J connectivity index is 2.28. The zero-order chi connectivity index (χ0) is 12.3. The van der Waals surface area contributed by atoms with E-state index in [-0.39, 0.29) is 5.97 Å². The molecule has 2 aromatic heterocycles. The number of methoxy groups -OCH3 is 1. The number of ether oxygens (including phenoxy) is 1. The highest BCUT2D eigenvalue weighted by Gasteiger charge is 2.14. The Hall–Kier alpha value is -1.88. The van der Waals surface area contributed by atoms with Crippen molar-refractivity contribution in [3.8, 4) is 0 Å². The third-order valence-corrected chi connectivity index (χ3v) is 3.38. The average Bonchev–Trinajstić information content (AvgIpc) is 2.97. The van der Waals surface area contributed by atoms with Gasteiger partial charge in [0.25, 0.3) is 0 Å². The summed E-state index contributed by atoms with van der Waals surface area (Å²) in [6.07, 6.45) is 2.60. The predicted molar refractivity (Wildman–Crippen MR) is 64.6 cm³/mol. The van der Waals surface area contributed by atoms with E-state index in [2.05, 4.69) is 0 Å². The molecule has 0 aliphatic rings. The van der Waals surface area contributed by atoms with Gasteiger partial charge in [0.1, 0.15) is 4.88 Å². The van der Waals surface area contributed by atoms with Crippen molar-refractivity contribution >= 4 is 23.6 Å². The van der Waals surface area contributed by atoms with Crippen LogP contribution in [-0.4, -0.2) is 23.9 Å². The van der Waals surface area contributed by atoms with Crippen molar-refractivity contribution in [2.45, 2.75) is 6.54 Å². The number of nitrogens with zero attached hydrogens (tertiary/aromatic N) is 1. The lowest BCUT2D eigenvalue weighted by molar-refractivity contribution is 0.0605. The van der Waals surface area contributed by atoms with E-state index in [1.165, 1.54) is 18.4 Å². The second-order valence-electron chi connectivity index (χ2n) is 3.45. The van der Waals surface area contributed by atoms with Gasteiger partial charge >= 0.3 is 5.97 Å². The van der Waals surface area contributed by atoms with Crippen LogP contribution in [-0.2, 0) is 11.3 Å². The maximum Gasteiger partial charge on any atom is 0.348 e. The lowest BCUT2D eigenvalue weighted by Crippen LogP contribution is -2.07. The van der Waals surface area contributed by atoms with Crippen molar-refractivity contribution in [2.24, 2.45) is 0 Å². The van der Waals surface area contributed by atoms with Crippen LogP contribution in [0.1, 0.15) is 25.7 Å². The lowest BCUT2D eigenvalue weighted by atomic mass is 10.2. The fraction of sp³-hybridized carbons (Fsp3) is 0.167. The van der Waals surface area contributed by atoms with E-state index in [9.17, 15) is 9.59 Å². The van der Waals surface area contributed by atoms with E-state index in [0.717, 1.165) is 11.8 Å². The van der Waals surface area contributed by atoms with Gasteiger partial charge < -0.3 is 9.30 Å². The molecule has 2 heterocycles. The highest BCUT2D eigenvalue weighted by atomic mass is 32.1. The Morgan fingerprint density at radius 3 is 3.06 bits per heavy atom. The molecule has 5 heteroatoms. The Morgan fingerprint density at radius 2 is 2.35 bits per heavy atom. The van der Waals surface area contributed by atoms with Crippen LogP contribution in [0.2, 0.25) is 0 Å². The first-order valence-electron chi connectivity index (χ1n) is 5.01. The molecule has 0 amide bonds. The molecule has 2 aromatic rings. The maximum absolute atomic E-state index is 11.5. The molecule has 0 aliphatic carbocycles. The van der Waals surface area contributed by atoms with Gasteiger partial charge in [-0.3, -0.25) is 4.79 Å². The molecule has 0 bridgehead atoms. The summed E-state index contributed by atoms with van der Waals surface area (Å²) in [6.45, 7) is 0.495. The van der Waals surface area contributed by atoms with Crippen LogP contribution in [0.25, 0.3) is 0 Å². The summed E-state index contributed by atoms with van der Waals surface area (Å²) in [5, 5.41) is 1.84. The minimum atomic E-state index is -0.338. The number of rotatable bonds is 4. The van der Waals surface area contributed by atoms with E-state index in [1.807, 2.05) is 17.6 Å². The van der Waals surface area contributed by atoms with Crippen LogP contribution in [0.15, 0.2) is 29.8 Å². The SMILES string of the molecule is COC(=O)c1sccc1Cn1cccc1C=O. The fourth-order valence-electron chi connectivity index (χ4n) is 1.59. The summed E-state index contributed by atoms with van der Waals surface area (Å²) in [6, 6.07) is 5.40. The van der Waals surface area contributed by atoms with E-state index >= 15 is 0 Å². The molecule has 17 heavy (non-hydrogen) atoms. The van der Waals surface area contributed by atoms with Crippen molar-refractivity contribution in [1.29, 1.82) is 0 Å². The van der Waals surface area contributed by atoms with Crippen molar-refractivity contribution in [3.05, 3.63) is 45.9 Å². The Morgan fingerprint density at radius 1 is 1.53 bits per heavy atom. The first-order chi connectivity index (χ1) is 8.26. The van der Waals surface area contributed by atoms with E-state index in [0.29, 0.717) is 17.1 Å². The van der Waals surface area contributed by atoms with Gasteiger partial charge in [-0.1, -0.05) is 0 Å². The summed E-state index contributed by atoms with van der Waals surface area (Å²) in [5.74, 6) is -0.338.